The summed E-state index contributed by atoms with van der Waals surface area (Å²) in [5, 5.41) is 0. The summed E-state index contributed by atoms with van der Waals surface area (Å²) in [5.41, 5.74) is 5.15. The highest BCUT2D eigenvalue weighted by Crippen LogP contribution is 2.18. The molecule has 3 nitrogen and oxygen atoms in total. The van der Waals surface area contributed by atoms with Crippen molar-refractivity contribution in [3.05, 3.63) is 99.5 Å². The maximum absolute atomic E-state index is 12.5. The SMILES string of the molecule is O=c1cc(OCc2ccccc2)ccn1CCc1ccc2c(c1)CCC#CCC2. The number of rotatable bonds is 6. The molecule has 146 valence electrons. The average molecular weight is 383 g/mol. The lowest BCUT2D eigenvalue weighted by Gasteiger charge is -2.13. The van der Waals surface area contributed by atoms with Crippen LogP contribution in [0.4, 0.5) is 0 Å². The fourth-order valence-corrected chi connectivity index (χ4v) is 3.64. The second-order valence-electron chi connectivity index (χ2n) is 7.37. The van der Waals surface area contributed by atoms with E-state index in [9.17, 15) is 4.79 Å². The highest BCUT2D eigenvalue weighted by molar-refractivity contribution is 5.34. The van der Waals surface area contributed by atoms with Crippen molar-refractivity contribution in [1.82, 2.24) is 4.57 Å². The lowest BCUT2D eigenvalue weighted by atomic mass is 9.94. The Balaban J connectivity index is 1.38. The minimum absolute atomic E-state index is 0.0305. The molecule has 1 aliphatic carbocycles. The van der Waals surface area contributed by atoms with Gasteiger partial charge in [-0.3, -0.25) is 4.79 Å². The van der Waals surface area contributed by atoms with Crippen molar-refractivity contribution in [3.63, 3.8) is 0 Å². The number of hydrogen-bond donors (Lipinski definition) is 0. The van der Waals surface area contributed by atoms with Gasteiger partial charge in [-0.1, -0.05) is 48.5 Å². The number of aryl methyl sites for hydroxylation is 4. The number of aromatic nitrogens is 1. The number of fused-ring (bicyclic) bond motifs is 1. The monoisotopic (exact) mass is 383 g/mol. The van der Waals surface area contributed by atoms with Gasteiger partial charge in [-0.15, -0.1) is 11.8 Å². The zero-order chi connectivity index (χ0) is 19.9. The minimum Gasteiger partial charge on any atom is -0.489 e. The van der Waals surface area contributed by atoms with Crippen molar-refractivity contribution in [2.45, 2.75) is 45.3 Å². The molecule has 0 aliphatic heterocycles. The zero-order valence-electron chi connectivity index (χ0n) is 16.6. The smallest absolute Gasteiger partial charge is 0.254 e. The van der Waals surface area contributed by atoms with Crippen molar-refractivity contribution in [2.24, 2.45) is 0 Å². The van der Waals surface area contributed by atoms with Crippen LogP contribution in [0.25, 0.3) is 0 Å². The topological polar surface area (TPSA) is 31.2 Å². The van der Waals surface area contributed by atoms with E-state index in [0.717, 1.165) is 37.7 Å². The normalized spacial score (nSPS) is 12.8. The third-order valence-electron chi connectivity index (χ3n) is 5.29. The molecule has 0 saturated carbocycles. The van der Waals surface area contributed by atoms with Crippen molar-refractivity contribution in [1.29, 1.82) is 0 Å². The highest BCUT2D eigenvalue weighted by atomic mass is 16.5. The molecule has 2 aromatic carbocycles. The van der Waals surface area contributed by atoms with Crippen LogP contribution in [-0.2, 0) is 32.4 Å². The van der Waals surface area contributed by atoms with Crippen LogP contribution in [0.5, 0.6) is 5.75 Å². The quantitative estimate of drug-likeness (QED) is 0.585. The first-order valence-electron chi connectivity index (χ1n) is 10.2. The number of nitrogens with zero attached hydrogens (tertiary/aromatic N) is 1. The minimum atomic E-state index is -0.0305. The molecule has 0 N–H and O–H groups in total. The third-order valence-corrected chi connectivity index (χ3v) is 5.29. The van der Waals surface area contributed by atoms with Gasteiger partial charge < -0.3 is 9.30 Å². The molecule has 1 heterocycles. The fraction of sp³-hybridized carbons (Fsp3) is 0.269. The Labute approximate surface area is 172 Å². The molecule has 1 aliphatic rings. The van der Waals surface area contributed by atoms with Gasteiger partial charge in [-0.25, -0.2) is 0 Å². The number of hydrogen-bond acceptors (Lipinski definition) is 2. The zero-order valence-corrected chi connectivity index (χ0v) is 16.6. The van der Waals surface area contributed by atoms with Crippen LogP contribution in [0.2, 0.25) is 0 Å². The molecule has 0 spiro atoms. The van der Waals surface area contributed by atoms with E-state index in [4.69, 9.17) is 4.74 Å². The highest BCUT2D eigenvalue weighted by Gasteiger charge is 2.07. The molecule has 0 unspecified atom stereocenters. The van der Waals surface area contributed by atoms with Crippen LogP contribution >= 0.6 is 0 Å². The summed E-state index contributed by atoms with van der Waals surface area (Å²) in [6, 6.07) is 20.1. The second kappa shape index (κ2) is 9.30. The molecule has 0 bridgehead atoms. The maximum atomic E-state index is 12.5. The van der Waals surface area contributed by atoms with Gasteiger partial charge in [0.15, 0.2) is 0 Å². The molecular formula is C26H25NO2. The molecular weight excluding hydrogens is 358 g/mol. The standard InChI is InChI=1S/C26H25NO2/c28-26-19-25(29-20-22-8-4-3-5-9-22)15-17-27(26)16-14-21-12-13-23-10-6-1-2-7-11-24(23)18-21/h3-5,8-9,12-13,15,17-19H,6-7,10-11,14,16,20H2. The van der Waals surface area contributed by atoms with E-state index in [1.807, 2.05) is 42.6 Å². The van der Waals surface area contributed by atoms with Gasteiger partial charge in [-0.2, -0.15) is 0 Å². The van der Waals surface area contributed by atoms with E-state index < -0.39 is 0 Å². The van der Waals surface area contributed by atoms with Crippen molar-refractivity contribution in [2.75, 3.05) is 0 Å². The molecule has 0 radical (unpaired) electrons. The van der Waals surface area contributed by atoms with Gasteiger partial charge in [-0.05, 0) is 47.6 Å². The Morgan fingerprint density at radius 3 is 2.45 bits per heavy atom. The third kappa shape index (κ3) is 5.18. The molecule has 4 rings (SSSR count). The van der Waals surface area contributed by atoms with Gasteiger partial charge in [0, 0.05) is 31.6 Å². The van der Waals surface area contributed by atoms with E-state index in [1.54, 1.807) is 10.6 Å². The lowest BCUT2D eigenvalue weighted by Crippen LogP contribution is -2.19. The Kier molecular flexibility index (Phi) is 6.12. The van der Waals surface area contributed by atoms with Gasteiger partial charge >= 0.3 is 0 Å². The summed E-state index contributed by atoms with van der Waals surface area (Å²) < 4.78 is 7.50. The number of benzene rings is 2. The predicted molar refractivity (Wildman–Crippen MR) is 116 cm³/mol. The fourth-order valence-electron chi connectivity index (χ4n) is 3.64. The van der Waals surface area contributed by atoms with Crippen LogP contribution in [0, 0.1) is 11.8 Å². The van der Waals surface area contributed by atoms with E-state index in [-0.39, 0.29) is 5.56 Å². The Morgan fingerprint density at radius 1 is 0.862 bits per heavy atom. The summed E-state index contributed by atoms with van der Waals surface area (Å²) in [6.07, 6.45) is 6.59. The van der Waals surface area contributed by atoms with Crippen molar-refractivity contribution >= 4 is 0 Å². The number of pyridine rings is 1. The van der Waals surface area contributed by atoms with Crippen LogP contribution < -0.4 is 10.3 Å². The summed E-state index contributed by atoms with van der Waals surface area (Å²) >= 11 is 0. The summed E-state index contributed by atoms with van der Waals surface area (Å²) in [6.45, 7) is 1.13. The molecule has 0 fully saturated rings. The van der Waals surface area contributed by atoms with E-state index in [1.165, 1.54) is 16.7 Å². The predicted octanol–water partition coefficient (Wildman–Crippen LogP) is 4.55. The average Bonchev–Trinajstić information content (AvgIpc) is 2.73. The van der Waals surface area contributed by atoms with Gasteiger partial charge in [0.05, 0.1) is 0 Å². The molecule has 0 amide bonds. The Bertz CT molecular complexity index is 1090. The molecule has 3 aromatic rings. The Hall–Kier alpha value is -3.25. The lowest BCUT2D eigenvalue weighted by molar-refractivity contribution is 0.305. The maximum Gasteiger partial charge on any atom is 0.254 e. The first-order valence-corrected chi connectivity index (χ1v) is 10.2. The summed E-state index contributed by atoms with van der Waals surface area (Å²) in [4.78, 5) is 12.5. The van der Waals surface area contributed by atoms with Crippen LogP contribution in [0.3, 0.4) is 0 Å². The van der Waals surface area contributed by atoms with Crippen molar-refractivity contribution < 1.29 is 4.74 Å². The summed E-state index contributed by atoms with van der Waals surface area (Å²) in [7, 11) is 0. The van der Waals surface area contributed by atoms with Gasteiger partial charge in [0.25, 0.3) is 5.56 Å². The van der Waals surface area contributed by atoms with E-state index in [2.05, 4.69) is 30.0 Å². The summed E-state index contributed by atoms with van der Waals surface area (Å²) in [5.74, 6) is 7.06. The molecule has 0 atom stereocenters. The first kappa shape index (κ1) is 19.1. The number of ether oxygens (including phenoxy) is 1. The molecule has 29 heavy (non-hydrogen) atoms. The molecule has 1 aromatic heterocycles. The first-order chi connectivity index (χ1) is 14.3. The molecule has 3 heteroatoms. The Morgan fingerprint density at radius 2 is 1.66 bits per heavy atom. The van der Waals surface area contributed by atoms with Crippen LogP contribution in [0.1, 0.15) is 35.1 Å². The van der Waals surface area contributed by atoms with Crippen LogP contribution in [-0.4, -0.2) is 4.57 Å². The van der Waals surface area contributed by atoms with Crippen molar-refractivity contribution in [3.8, 4) is 17.6 Å². The second-order valence-corrected chi connectivity index (χ2v) is 7.37. The van der Waals surface area contributed by atoms with E-state index in [0.29, 0.717) is 18.9 Å². The molecule has 0 saturated heterocycles. The van der Waals surface area contributed by atoms with Gasteiger partial charge in [0.1, 0.15) is 12.4 Å². The van der Waals surface area contributed by atoms with Crippen LogP contribution in [0.15, 0.2) is 71.7 Å². The largest absolute Gasteiger partial charge is 0.489 e. The van der Waals surface area contributed by atoms with Gasteiger partial charge in [0.2, 0.25) is 0 Å². The van der Waals surface area contributed by atoms with E-state index >= 15 is 0 Å².